The molecule has 0 aliphatic heterocycles. The standard InChI is InChI=1S/C29H31Cl4N3O4S/c1-5-26(28(38)34-29(2,3)4)35(17-19-11-12-24(32)25(33)13-19)27(37)18-36(22-15-20(30)14-21(31)16-22)41(39,40)23-9-7-6-8-10-23/h6-16,26H,5,17-18H2,1-4H3,(H,34,38). The van der Waals surface area contributed by atoms with Crippen LogP contribution < -0.4 is 9.62 Å². The molecular weight excluding hydrogens is 628 g/mol. The van der Waals surface area contributed by atoms with Crippen molar-refractivity contribution in [2.45, 2.75) is 57.1 Å². The smallest absolute Gasteiger partial charge is 0.264 e. The highest BCUT2D eigenvalue weighted by Crippen LogP contribution is 2.30. The molecule has 3 aromatic carbocycles. The van der Waals surface area contributed by atoms with Crippen LogP contribution in [0, 0.1) is 0 Å². The first-order valence-corrected chi connectivity index (χ1v) is 15.7. The van der Waals surface area contributed by atoms with Gasteiger partial charge in [-0.05, 0) is 75.2 Å². The molecule has 2 amide bonds. The molecule has 1 N–H and O–H groups in total. The maximum Gasteiger partial charge on any atom is 0.264 e. The summed E-state index contributed by atoms with van der Waals surface area (Å²) in [6.45, 7) is 6.62. The molecule has 41 heavy (non-hydrogen) atoms. The molecule has 1 atom stereocenters. The van der Waals surface area contributed by atoms with Crippen molar-refractivity contribution in [1.29, 1.82) is 0 Å². The average molecular weight is 659 g/mol. The van der Waals surface area contributed by atoms with Crippen LogP contribution in [0.5, 0.6) is 0 Å². The van der Waals surface area contributed by atoms with Crippen LogP contribution in [0.3, 0.4) is 0 Å². The van der Waals surface area contributed by atoms with E-state index in [-0.39, 0.29) is 44.5 Å². The van der Waals surface area contributed by atoms with E-state index in [1.807, 2.05) is 20.8 Å². The van der Waals surface area contributed by atoms with Crippen molar-refractivity contribution in [1.82, 2.24) is 10.2 Å². The molecule has 0 saturated heterocycles. The van der Waals surface area contributed by atoms with Gasteiger partial charge in [-0.3, -0.25) is 13.9 Å². The SMILES string of the molecule is CCC(C(=O)NC(C)(C)C)N(Cc1ccc(Cl)c(Cl)c1)C(=O)CN(c1cc(Cl)cc(Cl)c1)S(=O)(=O)c1ccccc1. The minimum absolute atomic E-state index is 0.0265. The second kappa shape index (κ2) is 13.7. The minimum Gasteiger partial charge on any atom is -0.350 e. The molecular formula is C29H31Cl4N3O4S. The molecule has 0 heterocycles. The molecule has 0 aliphatic rings. The van der Waals surface area contributed by atoms with Crippen LogP contribution in [0.15, 0.2) is 71.6 Å². The van der Waals surface area contributed by atoms with Crippen molar-refractivity contribution < 1.29 is 18.0 Å². The van der Waals surface area contributed by atoms with Crippen LogP contribution in [0.2, 0.25) is 20.1 Å². The summed E-state index contributed by atoms with van der Waals surface area (Å²) < 4.78 is 28.7. The fourth-order valence-electron chi connectivity index (χ4n) is 4.14. The number of hydrogen-bond acceptors (Lipinski definition) is 4. The summed E-state index contributed by atoms with van der Waals surface area (Å²) in [5.74, 6) is -1.00. The normalized spacial score (nSPS) is 12.5. The van der Waals surface area contributed by atoms with Gasteiger partial charge in [0, 0.05) is 22.1 Å². The lowest BCUT2D eigenvalue weighted by Gasteiger charge is -2.35. The van der Waals surface area contributed by atoms with E-state index in [9.17, 15) is 18.0 Å². The summed E-state index contributed by atoms with van der Waals surface area (Å²) in [7, 11) is -4.25. The zero-order chi connectivity index (χ0) is 30.5. The predicted molar refractivity (Wildman–Crippen MR) is 166 cm³/mol. The molecule has 0 saturated carbocycles. The van der Waals surface area contributed by atoms with E-state index < -0.39 is 34.1 Å². The molecule has 0 fully saturated rings. The van der Waals surface area contributed by atoms with E-state index in [0.29, 0.717) is 10.6 Å². The highest BCUT2D eigenvalue weighted by atomic mass is 35.5. The van der Waals surface area contributed by atoms with Gasteiger partial charge >= 0.3 is 0 Å². The van der Waals surface area contributed by atoms with Gasteiger partial charge in [-0.25, -0.2) is 8.42 Å². The number of carbonyl (C=O) groups is 2. The zero-order valence-corrected chi connectivity index (χ0v) is 26.8. The van der Waals surface area contributed by atoms with Crippen molar-refractivity contribution in [3.05, 3.63) is 92.4 Å². The van der Waals surface area contributed by atoms with Gasteiger partial charge in [-0.15, -0.1) is 0 Å². The summed E-state index contributed by atoms with van der Waals surface area (Å²) in [5, 5.41) is 3.92. The van der Waals surface area contributed by atoms with Crippen molar-refractivity contribution in [3.63, 3.8) is 0 Å². The molecule has 1 unspecified atom stereocenters. The number of halogens is 4. The highest BCUT2D eigenvalue weighted by molar-refractivity contribution is 7.92. The van der Waals surface area contributed by atoms with Crippen molar-refractivity contribution in [2.24, 2.45) is 0 Å². The number of rotatable bonds is 10. The van der Waals surface area contributed by atoms with E-state index in [4.69, 9.17) is 46.4 Å². The Bertz CT molecular complexity index is 1490. The second-order valence-electron chi connectivity index (χ2n) is 10.4. The Hall–Kier alpha value is -2.49. The van der Waals surface area contributed by atoms with E-state index in [2.05, 4.69) is 5.32 Å². The monoisotopic (exact) mass is 657 g/mol. The summed E-state index contributed by atoms with van der Waals surface area (Å²) in [5.41, 5.74) is 0.141. The molecule has 0 spiro atoms. The lowest BCUT2D eigenvalue weighted by molar-refractivity contribution is -0.141. The highest BCUT2D eigenvalue weighted by Gasteiger charge is 2.34. The largest absolute Gasteiger partial charge is 0.350 e. The van der Waals surface area contributed by atoms with Gasteiger partial charge in [-0.1, -0.05) is 77.6 Å². The predicted octanol–water partition coefficient (Wildman–Crippen LogP) is 7.22. The van der Waals surface area contributed by atoms with Gasteiger partial charge in [0.25, 0.3) is 10.0 Å². The van der Waals surface area contributed by atoms with Crippen LogP contribution in [0.25, 0.3) is 0 Å². The Kier molecular flexibility index (Phi) is 11.0. The second-order valence-corrected chi connectivity index (χ2v) is 13.9. The molecule has 0 aromatic heterocycles. The number of sulfonamides is 1. The Morgan fingerprint density at radius 3 is 2.02 bits per heavy atom. The van der Waals surface area contributed by atoms with Crippen LogP contribution in [0.4, 0.5) is 5.69 Å². The lowest BCUT2D eigenvalue weighted by atomic mass is 10.1. The van der Waals surface area contributed by atoms with Gasteiger partial charge < -0.3 is 10.2 Å². The third kappa shape index (κ3) is 8.75. The summed E-state index contributed by atoms with van der Waals surface area (Å²) in [6.07, 6.45) is 0.267. The molecule has 0 aliphatic carbocycles. The van der Waals surface area contributed by atoms with Gasteiger partial charge in [0.05, 0.1) is 20.6 Å². The molecule has 3 rings (SSSR count). The Balaban J connectivity index is 2.11. The van der Waals surface area contributed by atoms with Gasteiger partial charge in [-0.2, -0.15) is 0 Å². The molecule has 0 bridgehead atoms. The number of nitrogens with one attached hydrogen (secondary N) is 1. The zero-order valence-electron chi connectivity index (χ0n) is 23.0. The first-order chi connectivity index (χ1) is 19.1. The van der Waals surface area contributed by atoms with E-state index in [1.54, 1.807) is 43.3 Å². The van der Waals surface area contributed by atoms with E-state index >= 15 is 0 Å². The Labute approximate surface area is 261 Å². The maximum atomic E-state index is 14.1. The summed E-state index contributed by atoms with van der Waals surface area (Å²) >= 11 is 24.8. The van der Waals surface area contributed by atoms with E-state index in [1.165, 1.54) is 35.2 Å². The minimum atomic E-state index is -4.25. The average Bonchev–Trinajstić information content (AvgIpc) is 2.87. The summed E-state index contributed by atoms with van der Waals surface area (Å²) in [6, 6.07) is 16.0. The van der Waals surface area contributed by atoms with Crippen molar-refractivity contribution >= 4 is 73.9 Å². The number of amides is 2. The first-order valence-electron chi connectivity index (χ1n) is 12.7. The fraction of sp³-hybridized carbons (Fsp3) is 0.310. The molecule has 220 valence electrons. The number of carbonyl (C=O) groups excluding carboxylic acids is 2. The first kappa shape index (κ1) is 33.0. The van der Waals surface area contributed by atoms with Crippen LogP contribution in [0.1, 0.15) is 39.7 Å². The quantitative estimate of drug-likeness (QED) is 0.249. The number of anilines is 1. The summed E-state index contributed by atoms with van der Waals surface area (Å²) in [4.78, 5) is 28.8. The third-order valence-electron chi connectivity index (χ3n) is 5.97. The van der Waals surface area contributed by atoms with Crippen molar-refractivity contribution in [2.75, 3.05) is 10.8 Å². The molecule has 7 nitrogen and oxygen atoms in total. The van der Waals surface area contributed by atoms with Crippen molar-refractivity contribution in [3.8, 4) is 0 Å². The van der Waals surface area contributed by atoms with Gasteiger partial charge in [0.15, 0.2) is 0 Å². The maximum absolute atomic E-state index is 14.1. The van der Waals surface area contributed by atoms with Crippen LogP contribution in [-0.2, 0) is 26.2 Å². The van der Waals surface area contributed by atoms with Crippen LogP contribution in [-0.4, -0.2) is 43.3 Å². The number of hydrogen-bond donors (Lipinski definition) is 1. The van der Waals surface area contributed by atoms with Gasteiger partial charge in [0.2, 0.25) is 11.8 Å². The van der Waals surface area contributed by atoms with Gasteiger partial charge in [0.1, 0.15) is 12.6 Å². The number of benzene rings is 3. The Morgan fingerprint density at radius 1 is 0.878 bits per heavy atom. The Morgan fingerprint density at radius 2 is 1.49 bits per heavy atom. The topological polar surface area (TPSA) is 86.8 Å². The van der Waals surface area contributed by atoms with Crippen LogP contribution >= 0.6 is 46.4 Å². The third-order valence-corrected chi connectivity index (χ3v) is 8.93. The lowest BCUT2D eigenvalue weighted by Crippen LogP contribution is -2.55. The van der Waals surface area contributed by atoms with E-state index in [0.717, 1.165) is 4.31 Å². The molecule has 12 heteroatoms. The molecule has 0 radical (unpaired) electrons. The molecule has 3 aromatic rings. The fourth-order valence-corrected chi connectivity index (χ4v) is 6.39. The number of nitrogens with zero attached hydrogens (tertiary/aromatic N) is 2.